The summed E-state index contributed by atoms with van der Waals surface area (Å²) in [5, 5.41) is 0. The van der Waals surface area contributed by atoms with Gasteiger partial charge in [-0.2, -0.15) is 13.2 Å². The van der Waals surface area contributed by atoms with Crippen molar-refractivity contribution in [3.8, 4) is 5.88 Å². The largest absolute Gasteiger partial charge is 0.480 e. The molecule has 0 aliphatic rings. The summed E-state index contributed by atoms with van der Waals surface area (Å²) in [4.78, 5) is 6.56. The fourth-order valence-electron chi connectivity index (χ4n) is 0.676. The minimum Gasteiger partial charge on any atom is -0.480 e. The van der Waals surface area contributed by atoms with Crippen molar-refractivity contribution < 1.29 is 17.9 Å². The van der Waals surface area contributed by atoms with Gasteiger partial charge in [0.1, 0.15) is 11.9 Å². The Morgan fingerprint density at radius 3 is 2.50 bits per heavy atom. The van der Waals surface area contributed by atoms with Gasteiger partial charge in [0.2, 0.25) is 5.88 Å². The van der Waals surface area contributed by atoms with Crippen LogP contribution in [0.3, 0.4) is 0 Å². The Hall–Kier alpha value is -1.33. The molecule has 0 unspecified atom stereocenters. The summed E-state index contributed by atoms with van der Waals surface area (Å²) < 4.78 is 40.6. The quantitative estimate of drug-likeness (QED) is 0.653. The fraction of sp³-hybridized carbons (Fsp3) is 0.333. The van der Waals surface area contributed by atoms with E-state index in [1.165, 1.54) is 0 Å². The Bertz CT molecular complexity index is 274. The molecule has 0 saturated carbocycles. The average Bonchev–Trinajstić information content (AvgIpc) is 2.03. The van der Waals surface area contributed by atoms with Gasteiger partial charge in [0.05, 0.1) is 7.11 Å². The van der Waals surface area contributed by atoms with Gasteiger partial charge in [-0.15, -0.1) is 0 Å². The van der Waals surface area contributed by atoms with Crippen LogP contribution in [-0.4, -0.2) is 17.1 Å². The number of nitrogens with zero attached hydrogens (tertiary/aromatic N) is 2. The maximum atomic E-state index is 12.1. The van der Waals surface area contributed by atoms with E-state index in [0.29, 0.717) is 6.20 Å². The number of alkyl halides is 3. The van der Waals surface area contributed by atoms with Crippen LogP contribution in [0.2, 0.25) is 0 Å². The van der Waals surface area contributed by atoms with E-state index in [1.54, 1.807) is 0 Å². The van der Waals surface area contributed by atoms with Gasteiger partial charge in [0, 0.05) is 6.20 Å². The van der Waals surface area contributed by atoms with Gasteiger partial charge < -0.3 is 4.74 Å². The van der Waals surface area contributed by atoms with Gasteiger partial charge in [0.15, 0.2) is 0 Å². The molecule has 1 heterocycles. The predicted molar refractivity (Wildman–Crippen MR) is 33.6 cm³/mol. The first-order valence-electron chi connectivity index (χ1n) is 2.97. The summed E-state index contributed by atoms with van der Waals surface area (Å²) in [7, 11) is 1.12. The first-order valence-corrected chi connectivity index (χ1v) is 2.97. The lowest BCUT2D eigenvalue weighted by molar-refractivity contribution is -0.139. The molecule has 0 atom stereocenters. The van der Waals surface area contributed by atoms with E-state index in [0.717, 1.165) is 13.4 Å². The number of methoxy groups -OCH3 is 1. The van der Waals surface area contributed by atoms with E-state index >= 15 is 0 Å². The molecule has 0 radical (unpaired) electrons. The Labute approximate surface area is 66.2 Å². The first kappa shape index (κ1) is 8.76. The van der Waals surface area contributed by atoms with Crippen molar-refractivity contribution in [2.75, 3.05) is 7.11 Å². The molecule has 1 aromatic rings. The first-order chi connectivity index (χ1) is 5.55. The van der Waals surface area contributed by atoms with Crippen LogP contribution in [0.5, 0.6) is 5.88 Å². The molecule has 0 aromatic carbocycles. The number of aromatic nitrogens is 2. The molecule has 0 aliphatic heterocycles. The van der Waals surface area contributed by atoms with Gasteiger partial charge in [0.25, 0.3) is 0 Å². The Morgan fingerprint density at radius 2 is 2.08 bits per heavy atom. The monoisotopic (exact) mass is 178 g/mol. The molecule has 0 bridgehead atoms. The van der Waals surface area contributed by atoms with E-state index < -0.39 is 17.6 Å². The van der Waals surface area contributed by atoms with Crippen molar-refractivity contribution >= 4 is 0 Å². The molecule has 0 spiro atoms. The minimum absolute atomic E-state index is 0.461. The number of rotatable bonds is 1. The smallest absolute Gasteiger partial charge is 0.423 e. The van der Waals surface area contributed by atoms with Crippen molar-refractivity contribution in [1.82, 2.24) is 9.97 Å². The Balaban J connectivity index is 3.14. The third-order valence-corrected chi connectivity index (χ3v) is 1.17. The normalized spacial score (nSPS) is 11.3. The highest BCUT2D eigenvalue weighted by molar-refractivity contribution is 5.24. The summed E-state index contributed by atoms with van der Waals surface area (Å²) in [6.45, 7) is 0. The molecule has 12 heavy (non-hydrogen) atoms. The lowest BCUT2D eigenvalue weighted by atomic mass is 10.3. The summed E-state index contributed by atoms with van der Waals surface area (Å²) in [5.41, 5.74) is -0.965. The maximum Gasteiger partial charge on any atom is 0.423 e. The topological polar surface area (TPSA) is 35.0 Å². The molecule has 0 saturated heterocycles. The number of ether oxygens (including phenoxy) is 1. The highest BCUT2D eigenvalue weighted by Gasteiger charge is 2.35. The molecule has 0 N–H and O–H groups in total. The van der Waals surface area contributed by atoms with Crippen molar-refractivity contribution in [2.45, 2.75) is 6.18 Å². The average molecular weight is 178 g/mol. The molecule has 0 amide bonds. The van der Waals surface area contributed by atoms with Crippen molar-refractivity contribution in [3.63, 3.8) is 0 Å². The zero-order valence-corrected chi connectivity index (χ0v) is 6.09. The zero-order valence-electron chi connectivity index (χ0n) is 6.09. The van der Waals surface area contributed by atoms with Crippen LogP contribution in [0.1, 0.15) is 5.56 Å². The molecular weight excluding hydrogens is 173 g/mol. The van der Waals surface area contributed by atoms with E-state index in [9.17, 15) is 13.2 Å². The molecule has 1 rings (SSSR count). The Kier molecular flexibility index (Phi) is 2.16. The van der Waals surface area contributed by atoms with Gasteiger partial charge >= 0.3 is 6.18 Å². The molecule has 1 aromatic heterocycles. The summed E-state index contributed by atoms with van der Waals surface area (Å²) in [6.07, 6.45) is -2.80. The van der Waals surface area contributed by atoms with Crippen molar-refractivity contribution in [3.05, 3.63) is 18.1 Å². The molecule has 0 fully saturated rings. The maximum absolute atomic E-state index is 12.1. The van der Waals surface area contributed by atoms with Crippen molar-refractivity contribution in [2.24, 2.45) is 0 Å². The summed E-state index contributed by atoms with van der Waals surface area (Å²) >= 11 is 0. The van der Waals surface area contributed by atoms with Gasteiger partial charge in [-0.05, 0) is 0 Å². The van der Waals surface area contributed by atoms with Crippen LogP contribution in [0.25, 0.3) is 0 Å². The second kappa shape index (κ2) is 2.96. The van der Waals surface area contributed by atoms with Gasteiger partial charge in [-0.3, -0.25) is 0 Å². The third-order valence-electron chi connectivity index (χ3n) is 1.17. The van der Waals surface area contributed by atoms with E-state index in [2.05, 4.69) is 14.7 Å². The zero-order chi connectivity index (χ0) is 9.19. The molecule has 0 aliphatic carbocycles. The molecule has 66 valence electrons. The van der Waals surface area contributed by atoms with Gasteiger partial charge in [-0.1, -0.05) is 0 Å². The number of hydrogen-bond acceptors (Lipinski definition) is 3. The van der Waals surface area contributed by atoms with Crippen LogP contribution in [0, 0.1) is 0 Å². The number of hydrogen-bond donors (Lipinski definition) is 0. The van der Waals surface area contributed by atoms with Gasteiger partial charge in [-0.25, -0.2) is 9.97 Å². The Morgan fingerprint density at radius 1 is 1.42 bits per heavy atom. The molecular formula is C6H5F3N2O. The van der Waals surface area contributed by atoms with E-state index in [-0.39, 0.29) is 0 Å². The molecule has 6 heteroatoms. The highest BCUT2D eigenvalue weighted by Crippen LogP contribution is 2.33. The predicted octanol–water partition coefficient (Wildman–Crippen LogP) is 1.50. The van der Waals surface area contributed by atoms with Crippen molar-refractivity contribution in [1.29, 1.82) is 0 Å². The standard InChI is InChI=1S/C6H5F3N2O/c1-12-5-4(6(7,8)9)2-10-3-11-5/h2-3H,1H3. The van der Waals surface area contributed by atoms with Crippen LogP contribution < -0.4 is 4.74 Å². The fourth-order valence-corrected chi connectivity index (χ4v) is 0.676. The lowest BCUT2D eigenvalue weighted by Crippen LogP contribution is -2.08. The lowest BCUT2D eigenvalue weighted by Gasteiger charge is -2.08. The van der Waals surface area contributed by atoms with E-state index in [1.807, 2.05) is 0 Å². The second-order valence-electron chi connectivity index (χ2n) is 1.94. The van der Waals surface area contributed by atoms with E-state index in [4.69, 9.17) is 0 Å². The molecule has 3 nitrogen and oxygen atoms in total. The SMILES string of the molecule is COc1ncncc1C(F)(F)F. The van der Waals surface area contributed by atoms with Crippen LogP contribution in [0.15, 0.2) is 12.5 Å². The van der Waals surface area contributed by atoms with Crippen LogP contribution in [0.4, 0.5) is 13.2 Å². The highest BCUT2D eigenvalue weighted by atomic mass is 19.4. The van der Waals surface area contributed by atoms with Crippen LogP contribution in [-0.2, 0) is 6.18 Å². The summed E-state index contributed by atoms with van der Waals surface area (Å²) in [6, 6.07) is 0. The summed E-state index contributed by atoms with van der Waals surface area (Å²) in [5.74, 6) is -0.461. The third kappa shape index (κ3) is 1.63. The van der Waals surface area contributed by atoms with Crippen LogP contribution >= 0.6 is 0 Å². The minimum atomic E-state index is -4.47. The number of halogens is 3. The second-order valence-corrected chi connectivity index (χ2v) is 1.94.